The Hall–Kier alpha value is -3.03. The normalized spacial score (nSPS) is 28.5. The van der Waals surface area contributed by atoms with Crippen molar-refractivity contribution in [3.05, 3.63) is 39.9 Å². The number of aliphatic carboxylic acids is 1. The summed E-state index contributed by atoms with van der Waals surface area (Å²) >= 11 is 1.24. The van der Waals surface area contributed by atoms with Gasteiger partial charge in [-0.15, -0.1) is 11.8 Å². The Labute approximate surface area is 202 Å². The fourth-order valence-corrected chi connectivity index (χ4v) is 6.36. The molecule has 6 unspecified atom stereocenters. The zero-order valence-electron chi connectivity index (χ0n) is 18.6. The van der Waals surface area contributed by atoms with Crippen LogP contribution in [0.5, 0.6) is 0 Å². The Morgan fingerprint density at radius 1 is 1.20 bits per heavy atom. The molecule has 10 nitrogen and oxygen atoms in total. The highest BCUT2D eigenvalue weighted by Crippen LogP contribution is 2.51. The first-order valence-corrected chi connectivity index (χ1v) is 11.7. The average molecular weight is 512 g/mol. The molecule has 0 saturated carbocycles. The van der Waals surface area contributed by atoms with Gasteiger partial charge in [0.05, 0.1) is 35.4 Å². The summed E-state index contributed by atoms with van der Waals surface area (Å²) in [7, 11) is 0. The van der Waals surface area contributed by atoms with E-state index in [0.29, 0.717) is 23.6 Å². The van der Waals surface area contributed by atoms with Crippen molar-refractivity contribution in [1.82, 2.24) is 10.2 Å². The van der Waals surface area contributed by atoms with Gasteiger partial charge in [-0.3, -0.25) is 9.59 Å². The second-order valence-electron chi connectivity index (χ2n) is 8.81. The van der Waals surface area contributed by atoms with E-state index in [1.807, 2.05) is 0 Å². The second kappa shape index (κ2) is 9.21. The van der Waals surface area contributed by atoms with Crippen LogP contribution in [0.15, 0.2) is 22.7 Å². The molecule has 0 aliphatic carbocycles. The number of hydrogen-bond donors (Lipinski definition) is 5. The fourth-order valence-electron chi connectivity index (χ4n) is 4.88. The molecule has 0 spiro atoms. The summed E-state index contributed by atoms with van der Waals surface area (Å²) in [5.41, 5.74) is -1.37. The van der Waals surface area contributed by atoms with Crippen molar-refractivity contribution in [1.29, 1.82) is 0 Å². The van der Waals surface area contributed by atoms with Gasteiger partial charge in [0.1, 0.15) is 17.3 Å². The molecule has 2 saturated heterocycles. The molecule has 2 amide bonds. The first-order valence-electron chi connectivity index (χ1n) is 10.8. The number of fused-ring (bicyclic) bond motifs is 1. The van der Waals surface area contributed by atoms with Gasteiger partial charge < -0.3 is 30.9 Å². The number of carbonyl (C=O) groups is 4. The van der Waals surface area contributed by atoms with Crippen LogP contribution in [0.25, 0.3) is 0 Å². The molecule has 1 aromatic rings. The fraction of sp³-hybridized carbons (Fsp3) is 0.455. The Bertz CT molecular complexity index is 1160. The lowest BCUT2D eigenvalue weighted by atomic mass is 9.79. The highest BCUT2D eigenvalue weighted by atomic mass is 32.2. The van der Waals surface area contributed by atoms with Gasteiger partial charge in [-0.25, -0.2) is 18.4 Å². The minimum absolute atomic E-state index is 0.114. The summed E-state index contributed by atoms with van der Waals surface area (Å²) in [6.45, 7) is 3.60. The third kappa shape index (κ3) is 4.28. The molecule has 0 bridgehead atoms. The highest BCUT2D eigenvalue weighted by Gasteiger charge is 2.60. The molecule has 188 valence electrons. The van der Waals surface area contributed by atoms with Crippen LogP contribution in [-0.4, -0.2) is 74.0 Å². The topological polar surface area (TPSA) is 156 Å². The van der Waals surface area contributed by atoms with E-state index in [2.05, 4.69) is 10.6 Å². The van der Waals surface area contributed by atoms with E-state index in [1.54, 1.807) is 6.92 Å². The number of carboxylic acid groups (broad SMARTS) is 2. The number of anilines is 1. The van der Waals surface area contributed by atoms with Gasteiger partial charge in [-0.05, 0) is 19.4 Å². The number of nitrogens with one attached hydrogen (secondary N) is 2. The summed E-state index contributed by atoms with van der Waals surface area (Å²) in [4.78, 5) is 49.8. The first-order chi connectivity index (χ1) is 16.4. The number of benzene rings is 1. The number of carbonyl (C=O) groups excluding carboxylic acids is 2. The van der Waals surface area contributed by atoms with E-state index in [1.165, 1.54) is 23.6 Å². The van der Waals surface area contributed by atoms with Crippen molar-refractivity contribution in [2.24, 2.45) is 11.8 Å². The lowest BCUT2D eigenvalue weighted by Gasteiger charge is -2.46. The molecule has 4 rings (SSSR count). The lowest BCUT2D eigenvalue weighted by Crippen LogP contribution is -2.63. The number of aromatic carboxylic acids is 1. The molecule has 3 aliphatic rings. The Morgan fingerprint density at radius 3 is 2.49 bits per heavy atom. The monoisotopic (exact) mass is 511 g/mol. The standard InChI is InChI=1S/C22H23F2N3O7S/c1-7-16-15(8(2)28)20(30)27(16)17(22(33)34)18(7)35-9-3-14(25-6-9)19(29)26-13-4-10(21(31)32)11(23)5-12(13)24/h4-5,7-9,14-16,25,28H,3,6H2,1-2H3,(H,26,29)(H,31,32)(H,33,34). The predicted octanol–water partition coefficient (Wildman–Crippen LogP) is 1.22. The molecular formula is C22H23F2N3O7S. The van der Waals surface area contributed by atoms with Gasteiger partial charge in [0.2, 0.25) is 11.8 Å². The number of amides is 2. The minimum Gasteiger partial charge on any atom is -0.478 e. The summed E-state index contributed by atoms with van der Waals surface area (Å²) in [6, 6.07) is -0.156. The highest BCUT2D eigenvalue weighted by molar-refractivity contribution is 8.03. The van der Waals surface area contributed by atoms with Crippen LogP contribution in [0.1, 0.15) is 30.6 Å². The summed E-state index contributed by atoms with van der Waals surface area (Å²) in [6.07, 6.45) is -0.674. The van der Waals surface area contributed by atoms with Crippen LogP contribution in [-0.2, 0) is 14.4 Å². The maximum Gasteiger partial charge on any atom is 0.353 e. The van der Waals surface area contributed by atoms with Gasteiger partial charge in [-0.1, -0.05) is 6.92 Å². The molecule has 2 fully saturated rings. The lowest BCUT2D eigenvalue weighted by molar-refractivity contribution is -0.163. The van der Waals surface area contributed by atoms with Crippen molar-refractivity contribution >= 4 is 41.2 Å². The van der Waals surface area contributed by atoms with E-state index >= 15 is 0 Å². The van der Waals surface area contributed by atoms with Crippen molar-refractivity contribution in [3.63, 3.8) is 0 Å². The van der Waals surface area contributed by atoms with Crippen LogP contribution in [0, 0.1) is 23.5 Å². The van der Waals surface area contributed by atoms with E-state index in [4.69, 9.17) is 5.11 Å². The van der Waals surface area contributed by atoms with E-state index < -0.39 is 70.7 Å². The number of β-lactam (4-membered cyclic amide) rings is 1. The predicted molar refractivity (Wildman–Crippen MR) is 119 cm³/mol. The molecule has 3 aliphatic heterocycles. The van der Waals surface area contributed by atoms with Crippen molar-refractivity contribution in [2.75, 3.05) is 11.9 Å². The SMILES string of the molecule is CC(O)C1C(=O)N2C(C(=O)O)=C(SC3CNC(C(=O)Nc4cc(C(=O)O)c(F)cc4F)C3)C(C)C12. The molecule has 0 radical (unpaired) electrons. The van der Waals surface area contributed by atoms with E-state index in [-0.39, 0.29) is 23.3 Å². The third-order valence-electron chi connectivity index (χ3n) is 6.56. The van der Waals surface area contributed by atoms with E-state index in [0.717, 1.165) is 0 Å². The third-order valence-corrected chi connectivity index (χ3v) is 8.07. The number of thioether (sulfide) groups is 1. The second-order valence-corrected chi connectivity index (χ2v) is 10.2. The zero-order chi connectivity index (χ0) is 25.8. The number of carboxylic acids is 2. The van der Waals surface area contributed by atoms with Gasteiger partial charge >= 0.3 is 11.9 Å². The largest absolute Gasteiger partial charge is 0.478 e. The molecule has 6 atom stereocenters. The van der Waals surface area contributed by atoms with Crippen molar-refractivity contribution in [2.45, 2.75) is 43.7 Å². The quantitative estimate of drug-likeness (QED) is 0.340. The minimum atomic E-state index is -1.61. The Morgan fingerprint density at radius 2 is 1.89 bits per heavy atom. The Balaban J connectivity index is 1.46. The number of hydrogen-bond acceptors (Lipinski definition) is 7. The van der Waals surface area contributed by atoms with Crippen LogP contribution < -0.4 is 10.6 Å². The molecule has 35 heavy (non-hydrogen) atoms. The number of aliphatic hydroxyl groups is 1. The summed E-state index contributed by atoms with van der Waals surface area (Å²) < 4.78 is 27.7. The average Bonchev–Trinajstić information content (AvgIpc) is 3.32. The zero-order valence-corrected chi connectivity index (χ0v) is 19.4. The first kappa shape index (κ1) is 25.1. The van der Waals surface area contributed by atoms with Crippen LogP contribution >= 0.6 is 11.8 Å². The smallest absolute Gasteiger partial charge is 0.353 e. The maximum absolute atomic E-state index is 14.1. The number of halogens is 2. The van der Waals surface area contributed by atoms with Crippen LogP contribution in [0.2, 0.25) is 0 Å². The molecular weight excluding hydrogens is 488 g/mol. The van der Waals surface area contributed by atoms with Gasteiger partial charge in [0, 0.05) is 28.7 Å². The number of nitrogens with zero attached hydrogens (tertiary/aromatic N) is 1. The number of rotatable bonds is 7. The van der Waals surface area contributed by atoms with Crippen LogP contribution in [0.3, 0.4) is 0 Å². The molecule has 0 aromatic heterocycles. The molecule has 3 heterocycles. The Kier molecular flexibility index (Phi) is 6.60. The molecule has 13 heteroatoms. The van der Waals surface area contributed by atoms with Gasteiger partial charge in [0.15, 0.2) is 0 Å². The summed E-state index contributed by atoms with van der Waals surface area (Å²) in [5.74, 6) is -7.34. The molecule has 1 aromatic carbocycles. The van der Waals surface area contributed by atoms with Gasteiger partial charge in [-0.2, -0.15) is 0 Å². The van der Waals surface area contributed by atoms with Crippen molar-refractivity contribution < 1.29 is 43.3 Å². The van der Waals surface area contributed by atoms with E-state index in [9.17, 15) is 38.2 Å². The number of aliphatic hydroxyl groups excluding tert-OH is 1. The van der Waals surface area contributed by atoms with Crippen LogP contribution in [0.4, 0.5) is 14.5 Å². The van der Waals surface area contributed by atoms with Crippen molar-refractivity contribution in [3.8, 4) is 0 Å². The maximum atomic E-state index is 14.1. The summed E-state index contributed by atoms with van der Waals surface area (Å²) in [5, 5.41) is 33.7. The van der Waals surface area contributed by atoms with Gasteiger partial charge in [0.25, 0.3) is 0 Å². The molecule has 5 N–H and O–H groups in total.